The van der Waals surface area contributed by atoms with Gasteiger partial charge in [0.25, 0.3) is 0 Å². The van der Waals surface area contributed by atoms with Crippen molar-refractivity contribution in [1.29, 1.82) is 0 Å². The highest BCUT2D eigenvalue weighted by Crippen LogP contribution is 2.20. The second kappa shape index (κ2) is 7.74. The number of ketones is 1. The number of carbonyl (C=O) groups excluding carboxylic acids is 1. The van der Waals surface area contributed by atoms with Crippen molar-refractivity contribution >= 4 is 5.78 Å². The third-order valence-corrected chi connectivity index (χ3v) is 4.17. The van der Waals surface area contributed by atoms with Crippen LogP contribution in [0.25, 0.3) is 11.5 Å². The Morgan fingerprint density at radius 1 is 0.889 bits per heavy atom. The summed E-state index contributed by atoms with van der Waals surface area (Å²) in [5.41, 5.74) is 3.21. The molecule has 0 atom stereocenters. The summed E-state index contributed by atoms with van der Waals surface area (Å²) in [6, 6.07) is 22.8. The third kappa shape index (κ3) is 4.15. The zero-order valence-corrected chi connectivity index (χ0v) is 14.6. The number of Topliss-reactive ketones (excluding diaryl/α,β-unsaturated/α-hetero) is 1. The molecule has 5 nitrogen and oxygen atoms in total. The highest BCUT2D eigenvalue weighted by atomic mass is 16.4. The Morgan fingerprint density at radius 3 is 2.41 bits per heavy atom. The first-order valence-electron chi connectivity index (χ1n) is 8.68. The van der Waals surface area contributed by atoms with Crippen LogP contribution in [0.5, 0.6) is 0 Å². The maximum atomic E-state index is 12.4. The highest BCUT2D eigenvalue weighted by Gasteiger charge is 2.12. The van der Waals surface area contributed by atoms with Crippen LogP contribution < -0.4 is 0 Å². The first kappa shape index (κ1) is 16.8. The van der Waals surface area contributed by atoms with Gasteiger partial charge in [-0.1, -0.05) is 60.7 Å². The second-order valence-electron chi connectivity index (χ2n) is 6.17. The summed E-state index contributed by atoms with van der Waals surface area (Å²) in [5.74, 6) is 1.00. The van der Waals surface area contributed by atoms with Gasteiger partial charge >= 0.3 is 0 Å². The smallest absolute Gasteiger partial charge is 0.247 e. The Bertz CT molecular complexity index is 1040. The molecule has 0 bridgehead atoms. The lowest BCUT2D eigenvalue weighted by atomic mass is 10.1. The molecule has 132 valence electrons. The van der Waals surface area contributed by atoms with E-state index in [1.165, 1.54) is 0 Å². The molecule has 0 fully saturated rings. The minimum Gasteiger partial charge on any atom is -0.420 e. The number of hydrogen-bond acceptors (Lipinski definition) is 5. The summed E-state index contributed by atoms with van der Waals surface area (Å²) >= 11 is 0. The van der Waals surface area contributed by atoms with E-state index in [1.807, 2.05) is 54.6 Å². The van der Waals surface area contributed by atoms with Crippen molar-refractivity contribution in [1.82, 2.24) is 15.2 Å². The molecule has 0 aliphatic carbocycles. The van der Waals surface area contributed by atoms with Gasteiger partial charge in [-0.25, -0.2) is 0 Å². The van der Waals surface area contributed by atoms with Crippen LogP contribution in [0.1, 0.15) is 27.5 Å². The minimum absolute atomic E-state index is 0.0237. The number of carbonyl (C=O) groups is 1. The summed E-state index contributed by atoms with van der Waals surface area (Å²) in [7, 11) is 0. The number of pyridine rings is 1. The topological polar surface area (TPSA) is 68.9 Å². The summed E-state index contributed by atoms with van der Waals surface area (Å²) in [6.45, 7) is 0. The summed E-state index contributed by atoms with van der Waals surface area (Å²) < 4.78 is 5.78. The predicted octanol–water partition coefficient (Wildman–Crippen LogP) is 4.15. The van der Waals surface area contributed by atoms with Gasteiger partial charge in [-0.3, -0.25) is 9.78 Å². The molecule has 0 N–H and O–H groups in total. The van der Waals surface area contributed by atoms with Crippen LogP contribution >= 0.6 is 0 Å². The normalized spacial score (nSPS) is 10.7. The Labute approximate surface area is 156 Å². The van der Waals surface area contributed by atoms with Gasteiger partial charge in [0.2, 0.25) is 11.8 Å². The molecule has 2 aromatic heterocycles. The monoisotopic (exact) mass is 355 g/mol. The fourth-order valence-electron chi connectivity index (χ4n) is 2.81. The number of aromatic nitrogens is 3. The van der Waals surface area contributed by atoms with E-state index >= 15 is 0 Å². The van der Waals surface area contributed by atoms with E-state index in [9.17, 15) is 4.79 Å². The van der Waals surface area contributed by atoms with Crippen molar-refractivity contribution in [3.63, 3.8) is 0 Å². The molecule has 0 amide bonds. The molecule has 2 heterocycles. The van der Waals surface area contributed by atoms with Gasteiger partial charge in [0.05, 0.1) is 12.8 Å². The van der Waals surface area contributed by atoms with Crippen LogP contribution in [0.3, 0.4) is 0 Å². The van der Waals surface area contributed by atoms with Crippen LogP contribution in [0.4, 0.5) is 0 Å². The lowest BCUT2D eigenvalue weighted by Gasteiger charge is -2.02. The van der Waals surface area contributed by atoms with E-state index in [-0.39, 0.29) is 12.2 Å². The molecular formula is C22H17N3O2. The summed E-state index contributed by atoms with van der Waals surface area (Å²) in [5, 5.41) is 8.25. The lowest BCUT2D eigenvalue weighted by Crippen LogP contribution is -2.04. The minimum atomic E-state index is 0.0237. The van der Waals surface area contributed by atoms with Gasteiger partial charge in [-0.15, -0.1) is 10.2 Å². The van der Waals surface area contributed by atoms with Gasteiger partial charge in [0.1, 0.15) is 0 Å². The molecule has 5 heteroatoms. The van der Waals surface area contributed by atoms with Crippen molar-refractivity contribution in [2.24, 2.45) is 0 Å². The molecule has 0 saturated carbocycles. The average molecular weight is 355 g/mol. The van der Waals surface area contributed by atoms with Crippen molar-refractivity contribution < 1.29 is 9.21 Å². The zero-order valence-electron chi connectivity index (χ0n) is 14.6. The Morgan fingerprint density at radius 2 is 1.63 bits per heavy atom. The SMILES string of the molecule is O=C(Cc1cc(-c2nnc(Cc3ccccc3)o2)ccn1)c1ccccc1. The first-order chi connectivity index (χ1) is 13.3. The third-order valence-electron chi connectivity index (χ3n) is 4.17. The standard InChI is InChI=1S/C22H17N3O2/c26-20(17-9-5-2-6-10-17)15-19-14-18(11-12-23-19)22-25-24-21(27-22)13-16-7-3-1-4-8-16/h1-12,14H,13,15H2. The van der Waals surface area contributed by atoms with Crippen LogP contribution in [0.2, 0.25) is 0 Å². The van der Waals surface area contributed by atoms with Gasteiger partial charge < -0.3 is 4.42 Å². The fourth-order valence-corrected chi connectivity index (χ4v) is 2.81. The van der Waals surface area contributed by atoms with Gasteiger partial charge in [0.15, 0.2) is 5.78 Å². The molecule has 0 aliphatic heterocycles. The van der Waals surface area contributed by atoms with E-state index in [0.29, 0.717) is 29.5 Å². The molecule has 2 aromatic carbocycles. The van der Waals surface area contributed by atoms with Crippen LogP contribution in [0, 0.1) is 0 Å². The maximum absolute atomic E-state index is 12.4. The van der Waals surface area contributed by atoms with Crippen LogP contribution in [-0.2, 0) is 12.8 Å². The molecule has 0 saturated heterocycles. The number of hydrogen-bond donors (Lipinski definition) is 0. The Hall–Kier alpha value is -3.60. The summed E-state index contributed by atoms with van der Waals surface area (Å²) in [6.07, 6.45) is 2.46. The molecule has 4 rings (SSSR count). The number of rotatable bonds is 6. The number of nitrogens with zero attached hydrogens (tertiary/aromatic N) is 3. The Kier molecular flexibility index (Phi) is 4.83. The molecular weight excluding hydrogens is 338 g/mol. The molecule has 0 radical (unpaired) electrons. The van der Waals surface area contributed by atoms with Crippen molar-refractivity contribution in [2.75, 3.05) is 0 Å². The molecule has 0 spiro atoms. The summed E-state index contributed by atoms with van der Waals surface area (Å²) in [4.78, 5) is 16.7. The largest absolute Gasteiger partial charge is 0.420 e. The average Bonchev–Trinajstić information content (AvgIpc) is 3.18. The zero-order chi connectivity index (χ0) is 18.5. The highest BCUT2D eigenvalue weighted by molar-refractivity contribution is 5.97. The van der Waals surface area contributed by atoms with Gasteiger partial charge in [0, 0.05) is 23.0 Å². The van der Waals surface area contributed by atoms with Crippen LogP contribution in [-0.4, -0.2) is 21.0 Å². The quantitative estimate of drug-likeness (QED) is 0.486. The first-order valence-corrected chi connectivity index (χ1v) is 8.68. The van der Waals surface area contributed by atoms with Crippen LogP contribution in [0.15, 0.2) is 83.4 Å². The van der Waals surface area contributed by atoms with Crippen molar-refractivity contribution in [2.45, 2.75) is 12.8 Å². The van der Waals surface area contributed by atoms with Gasteiger partial charge in [-0.05, 0) is 17.7 Å². The second-order valence-corrected chi connectivity index (χ2v) is 6.17. The van der Waals surface area contributed by atoms with E-state index in [0.717, 1.165) is 11.1 Å². The fraction of sp³-hybridized carbons (Fsp3) is 0.0909. The van der Waals surface area contributed by atoms with E-state index in [4.69, 9.17) is 4.42 Å². The van der Waals surface area contributed by atoms with E-state index in [1.54, 1.807) is 24.4 Å². The maximum Gasteiger partial charge on any atom is 0.247 e. The molecule has 0 unspecified atom stereocenters. The van der Waals surface area contributed by atoms with Crippen molar-refractivity contribution in [3.8, 4) is 11.5 Å². The Balaban J connectivity index is 1.50. The van der Waals surface area contributed by atoms with E-state index in [2.05, 4.69) is 15.2 Å². The predicted molar refractivity (Wildman–Crippen MR) is 101 cm³/mol. The van der Waals surface area contributed by atoms with Gasteiger partial charge in [-0.2, -0.15) is 0 Å². The molecule has 27 heavy (non-hydrogen) atoms. The van der Waals surface area contributed by atoms with E-state index < -0.39 is 0 Å². The molecule has 4 aromatic rings. The number of benzene rings is 2. The lowest BCUT2D eigenvalue weighted by molar-refractivity contribution is 0.0992. The molecule has 0 aliphatic rings. The van der Waals surface area contributed by atoms with Crippen molar-refractivity contribution in [3.05, 3.63) is 102 Å².